The molecule has 0 radical (unpaired) electrons. The van der Waals surface area contributed by atoms with Crippen LogP contribution in [0.4, 0.5) is 5.69 Å². The van der Waals surface area contributed by atoms with E-state index >= 15 is 0 Å². The van der Waals surface area contributed by atoms with Crippen LogP contribution < -0.4 is 9.47 Å². The SMILES string of the molecule is Cc1sc(-n2c(C)cc(C=Nc3ccc4c(c3)OCO4)c2C)c(C#N)c1C. The Hall–Kier alpha value is -3.04. The lowest BCUT2D eigenvalue weighted by Gasteiger charge is -2.07. The first kappa shape index (κ1) is 17.4. The molecule has 0 aliphatic carbocycles. The van der Waals surface area contributed by atoms with E-state index in [0.717, 1.165) is 50.3 Å². The van der Waals surface area contributed by atoms with Crippen LogP contribution in [-0.2, 0) is 0 Å². The quantitative estimate of drug-likeness (QED) is 0.595. The van der Waals surface area contributed by atoms with Gasteiger partial charge in [0.1, 0.15) is 11.1 Å². The molecule has 1 aliphatic rings. The van der Waals surface area contributed by atoms with Gasteiger partial charge in [-0.25, -0.2) is 0 Å². The van der Waals surface area contributed by atoms with Crippen LogP contribution in [0.3, 0.4) is 0 Å². The van der Waals surface area contributed by atoms with Gasteiger partial charge in [-0.1, -0.05) is 0 Å². The number of nitriles is 1. The molecule has 6 heteroatoms. The molecule has 1 aromatic carbocycles. The normalized spacial score (nSPS) is 12.7. The molecule has 2 aromatic heterocycles. The highest BCUT2D eigenvalue weighted by molar-refractivity contribution is 7.14. The third-order valence-corrected chi connectivity index (χ3v) is 6.05. The van der Waals surface area contributed by atoms with Gasteiger partial charge < -0.3 is 14.0 Å². The Bertz CT molecular complexity index is 1120. The van der Waals surface area contributed by atoms with Crippen LogP contribution in [0, 0.1) is 39.0 Å². The molecule has 0 N–H and O–H groups in total. The van der Waals surface area contributed by atoms with Gasteiger partial charge in [-0.05, 0) is 51.5 Å². The predicted octanol–water partition coefficient (Wildman–Crippen LogP) is 5.12. The largest absolute Gasteiger partial charge is 0.454 e. The number of nitrogens with zero attached hydrogens (tertiary/aromatic N) is 3. The lowest BCUT2D eigenvalue weighted by atomic mass is 10.2. The molecule has 0 amide bonds. The molecule has 3 heterocycles. The number of benzene rings is 1. The highest BCUT2D eigenvalue weighted by atomic mass is 32.1. The Morgan fingerprint density at radius 2 is 1.93 bits per heavy atom. The number of hydrogen-bond donors (Lipinski definition) is 0. The highest BCUT2D eigenvalue weighted by Gasteiger charge is 2.18. The van der Waals surface area contributed by atoms with Crippen LogP contribution in [0.15, 0.2) is 29.3 Å². The average molecular weight is 377 g/mol. The van der Waals surface area contributed by atoms with Gasteiger partial charge in [0.15, 0.2) is 11.5 Å². The zero-order chi connectivity index (χ0) is 19.1. The first-order valence-electron chi connectivity index (χ1n) is 8.62. The number of aromatic nitrogens is 1. The molecule has 27 heavy (non-hydrogen) atoms. The first-order chi connectivity index (χ1) is 13.0. The van der Waals surface area contributed by atoms with Crippen molar-refractivity contribution in [2.24, 2.45) is 4.99 Å². The van der Waals surface area contributed by atoms with Crippen molar-refractivity contribution in [2.75, 3.05) is 6.79 Å². The van der Waals surface area contributed by atoms with Crippen LogP contribution in [0.1, 0.15) is 33.0 Å². The number of hydrogen-bond acceptors (Lipinski definition) is 5. The van der Waals surface area contributed by atoms with E-state index in [0.29, 0.717) is 0 Å². The van der Waals surface area contributed by atoms with Crippen molar-refractivity contribution in [3.63, 3.8) is 0 Å². The molecule has 4 rings (SSSR count). The van der Waals surface area contributed by atoms with Gasteiger partial charge in [-0.2, -0.15) is 5.26 Å². The number of rotatable bonds is 3. The highest BCUT2D eigenvalue weighted by Crippen LogP contribution is 2.36. The fourth-order valence-corrected chi connectivity index (χ4v) is 4.46. The van der Waals surface area contributed by atoms with E-state index in [1.54, 1.807) is 11.3 Å². The van der Waals surface area contributed by atoms with E-state index < -0.39 is 0 Å². The Balaban J connectivity index is 1.72. The van der Waals surface area contributed by atoms with Crippen molar-refractivity contribution < 1.29 is 9.47 Å². The monoisotopic (exact) mass is 377 g/mol. The van der Waals surface area contributed by atoms with Crippen LogP contribution >= 0.6 is 11.3 Å². The summed E-state index contributed by atoms with van der Waals surface area (Å²) in [5, 5.41) is 10.6. The Labute approximate surface area is 162 Å². The summed E-state index contributed by atoms with van der Waals surface area (Å²) in [4.78, 5) is 5.76. The Morgan fingerprint density at radius 3 is 2.70 bits per heavy atom. The molecule has 0 saturated carbocycles. The molecule has 136 valence electrons. The number of ether oxygens (including phenoxy) is 2. The molecular formula is C21H19N3O2S. The smallest absolute Gasteiger partial charge is 0.231 e. The lowest BCUT2D eigenvalue weighted by molar-refractivity contribution is 0.174. The Morgan fingerprint density at radius 1 is 1.15 bits per heavy atom. The van der Waals surface area contributed by atoms with E-state index in [4.69, 9.17) is 9.47 Å². The van der Waals surface area contributed by atoms with Gasteiger partial charge >= 0.3 is 0 Å². The van der Waals surface area contributed by atoms with E-state index in [1.807, 2.05) is 31.3 Å². The maximum absolute atomic E-state index is 9.59. The van der Waals surface area contributed by atoms with Crippen molar-refractivity contribution >= 4 is 23.2 Å². The molecule has 0 bridgehead atoms. The van der Waals surface area contributed by atoms with Crippen molar-refractivity contribution in [2.45, 2.75) is 27.7 Å². The first-order valence-corrected chi connectivity index (χ1v) is 9.44. The van der Waals surface area contributed by atoms with Crippen molar-refractivity contribution in [1.29, 1.82) is 5.26 Å². The van der Waals surface area contributed by atoms with Gasteiger partial charge in [0.25, 0.3) is 0 Å². The van der Waals surface area contributed by atoms with E-state index in [2.05, 4.69) is 42.5 Å². The molecule has 0 fully saturated rings. The maximum atomic E-state index is 9.59. The number of aryl methyl sites for hydroxylation is 2. The second kappa shape index (κ2) is 6.60. The van der Waals surface area contributed by atoms with Crippen molar-refractivity contribution in [3.8, 4) is 22.6 Å². The second-order valence-electron chi connectivity index (χ2n) is 6.53. The minimum Gasteiger partial charge on any atom is -0.454 e. The van der Waals surface area contributed by atoms with Crippen LogP contribution in [-0.4, -0.2) is 17.6 Å². The topological polar surface area (TPSA) is 59.5 Å². The summed E-state index contributed by atoms with van der Waals surface area (Å²) < 4.78 is 12.9. The summed E-state index contributed by atoms with van der Waals surface area (Å²) in [6.45, 7) is 8.42. The van der Waals surface area contributed by atoms with Crippen molar-refractivity contribution in [1.82, 2.24) is 4.57 Å². The van der Waals surface area contributed by atoms with E-state index in [9.17, 15) is 5.26 Å². The fourth-order valence-electron chi connectivity index (χ4n) is 3.24. The van der Waals surface area contributed by atoms with E-state index in [1.165, 1.54) is 4.88 Å². The molecule has 0 saturated heterocycles. The van der Waals surface area contributed by atoms with Gasteiger partial charge in [-0.15, -0.1) is 11.3 Å². The minimum atomic E-state index is 0.254. The summed E-state index contributed by atoms with van der Waals surface area (Å²) in [6.07, 6.45) is 1.86. The molecule has 3 aromatic rings. The third kappa shape index (κ3) is 2.90. The summed E-state index contributed by atoms with van der Waals surface area (Å²) in [7, 11) is 0. The molecule has 0 atom stereocenters. The molecule has 0 unspecified atom stereocenters. The van der Waals surface area contributed by atoms with Gasteiger partial charge in [-0.3, -0.25) is 4.99 Å². The third-order valence-electron chi connectivity index (χ3n) is 4.86. The minimum absolute atomic E-state index is 0.254. The molecule has 5 nitrogen and oxygen atoms in total. The summed E-state index contributed by atoms with van der Waals surface area (Å²) in [5.74, 6) is 1.47. The van der Waals surface area contributed by atoms with Gasteiger partial charge in [0, 0.05) is 34.1 Å². The lowest BCUT2D eigenvalue weighted by Crippen LogP contribution is -1.99. The van der Waals surface area contributed by atoms with Crippen LogP contribution in [0.5, 0.6) is 11.5 Å². The predicted molar refractivity (Wildman–Crippen MR) is 107 cm³/mol. The van der Waals surface area contributed by atoms with Gasteiger partial charge in [0.05, 0.1) is 11.3 Å². The zero-order valence-electron chi connectivity index (χ0n) is 15.7. The summed E-state index contributed by atoms with van der Waals surface area (Å²) >= 11 is 1.65. The second-order valence-corrected chi connectivity index (χ2v) is 7.74. The fraction of sp³-hybridized carbons (Fsp3) is 0.238. The number of thiophene rings is 1. The van der Waals surface area contributed by atoms with Crippen LogP contribution in [0.2, 0.25) is 0 Å². The average Bonchev–Trinajstić information content (AvgIpc) is 3.30. The van der Waals surface area contributed by atoms with Crippen molar-refractivity contribution in [3.05, 3.63) is 57.2 Å². The summed E-state index contributed by atoms with van der Waals surface area (Å²) in [5.41, 5.74) is 5.79. The summed E-state index contributed by atoms with van der Waals surface area (Å²) in [6, 6.07) is 10.1. The van der Waals surface area contributed by atoms with Gasteiger partial charge in [0.2, 0.25) is 6.79 Å². The standard InChI is InChI=1S/C21H19N3O2S/c1-12-7-16(10-23-17-5-6-19-20(8-17)26-11-25-19)14(3)24(12)21-18(9-22)13(2)15(4)27-21/h5-8,10H,11H2,1-4H3. The maximum Gasteiger partial charge on any atom is 0.231 e. The molecule has 1 aliphatic heterocycles. The van der Waals surface area contributed by atoms with E-state index in [-0.39, 0.29) is 6.79 Å². The molecule has 0 spiro atoms. The number of aliphatic imine (C=N–C) groups is 1. The Kier molecular flexibility index (Phi) is 4.25. The molecular weight excluding hydrogens is 358 g/mol. The zero-order valence-corrected chi connectivity index (χ0v) is 16.5. The number of fused-ring (bicyclic) bond motifs is 1. The van der Waals surface area contributed by atoms with Crippen LogP contribution in [0.25, 0.3) is 5.00 Å².